The van der Waals surface area contributed by atoms with Crippen molar-refractivity contribution < 1.29 is 14.3 Å². The molecular weight excluding hydrogens is 256 g/mol. The van der Waals surface area contributed by atoms with Crippen LogP contribution in [0.3, 0.4) is 0 Å². The van der Waals surface area contributed by atoms with E-state index in [1.165, 1.54) is 5.56 Å². The predicted molar refractivity (Wildman–Crippen MR) is 77.2 cm³/mol. The largest absolute Gasteiger partial charge is 0.465 e. The van der Waals surface area contributed by atoms with Crippen molar-refractivity contribution in [3.63, 3.8) is 0 Å². The van der Waals surface area contributed by atoms with Crippen LogP contribution in [0, 0.1) is 6.92 Å². The Balaban J connectivity index is 2.29. The topological polar surface area (TPSA) is 58.6 Å². The zero-order valence-corrected chi connectivity index (χ0v) is 12.3. The summed E-state index contributed by atoms with van der Waals surface area (Å²) >= 11 is 0. The van der Waals surface area contributed by atoms with Crippen LogP contribution in [0.2, 0.25) is 0 Å². The van der Waals surface area contributed by atoms with E-state index in [2.05, 4.69) is 5.32 Å². The molecule has 1 rings (SSSR count). The number of hydrogen-bond acceptors (Lipinski definition) is 4. The number of likely N-dealkylation sites (N-methyl/N-ethyl adjacent to an activating group) is 1. The lowest BCUT2D eigenvalue weighted by atomic mass is 10.1. The van der Waals surface area contributed by atoms with Gasteiger partial charge >= 0.3 is 5.97 Å². The quantitative estimate of drug-likeness (QED) is 0.759. The van der Waals surface area contributed by atoms with Crippen molar-refractivity contribution in [2.24, 2.45) is 0 Å². The number of hydrogen-bond donors (Lipinski definition) is 1. The van der Waals surface area contributed by atoms with Crippen molar-refractivity contribution in [2.45, 2.75) is 20.4 Å². The average Bonchev–Trinajstić information content (AvgIpc) is 2.38. The lowest BCUT2D eigenvalue weighted by Crippen LogP contribution is -2.37. The summed E-state index contributed by atoms with van der Waals surface area (Å²) in [5.41, 5.74) is 2.24. The number of nitrogens with zero attached hydrogens (tertiary/aromatic N) is 1. The number of carbonyl (C=O) groups excluding carboxylic acids is 2. The van der Waals surface area contributed by atoms with Crippen molar-refractivity contribution in [1.82, 2.24) is 10.2 Å². The summed E-state index contributed by atoms with van der Waals surface area (Å²) in [6.45, 7) is 4.91. The Morgan fingerprint density at radius 3 is 2.45 bits per heavy atom. The van der Waals surface area contributed by atoms with E-state index in [1.54, 1.807) is 18.9 Å². The van der Waals surface area contributed by atoms with Crippen LogP contribution in [-0.4, -0.2) is 43.5 Å². The highest BCUT2D eigenvalue weighted by molar-refractivity contribution is 5.79. The predicted octanol–water partition coefficient (Wildman–Crippen LogP) is 1.11. The van der Waals surface area contributed by atoms with Crippen molar-refractivity contribution in [2.75, 3.05) is 26.7 Å². The van der Waals surface area contributed by atoms with E-state index in [9.17, 15) is 9.59 Å². The zero-order valence-electron chi connectivity index (χ0n) is 12.3. The van der Waals surface area contributed by atoms with Crippen LogP contribution in [0.25, 0.3) is 0 Å². The minimum Gasteiger partial charge on any atom is -0.465 e. The number of aryl methyl sites for hydroxylation is 1. The molecule has 0 aliphatic heterocycles. The summed E-state index contributed by atoms with van der Waals surface area (Å²) in [5.74, 6) is -0.432. The number of esters is 1. The van der Waals surface area contributed by atoms with Gasteiger partial charge in [0, 0.05) is 6.54 Å². The molecule has 0 fully saturated rings. The molecule has 110 valence electrons. The maximum Gasteiger partial charge on any atom is 0.320 e. The summed E-state index contributed by atoms with van der Waals surface area (Å²) in [7, 11) is 1.71. The van der Waals surface area contributed by atoms with Crippen molar-refractivity contribution in [3.8, 4) is 0 Å². The standard InChI is InChI=1S/C15H22N2O3/c1-4-20-15(19)11-17(3)10-14(18)16-9-13-7-5-12(2)6-8-13/h5-8H,4,9-11H2,1-3H3,(H,16,18). The van der Waals surface area contributed by atoms with Gasteiger partial charge in [0.1, 0.15) is 0 Å². The highest BCUT2D eigenvalue weighted by Gasteiger charge is 2.10. The smallest absolute Gasteiger partial charge is 0.320 e. The van der Waals surface area contributed by atoms with Gasteiger partial charge in [-0.15, -0.1) is 0 Å². The molecule has 1 N–H and O–H groups in total. The molecular formula is C15H22N2O3. The second-order valence-corrected chi connectivity index (χ2v) is 4.74. The molecule has 0 aromatic heterocycles. The second-order valence-electron chi connectivity index (χ2n) is 4.74. The van der Waals surface area contributed by atoms with E-state index in [1.807, 2.05) is 31.2 Å². The number of benzene rings is 1. The molecule has 1 aromatic rings. The maximum absolute atomic E-state index is 11.7. The Bertz CT molecular complexity index is 443. The van der Waals surface area contributed by atoms with Gasteiger partial charge in [0.2, 0.25) is 5.91 Å². The number of carbonyl (C=O) groups is 2. The van der Waals surface area contributed by atoms with Gasteiger partial charge in [0.05, 0.1) is 19.7 Å². The Labute approximate surface area is 119 Å². The first-order valence-electron chi connectivity index (χ1n) is 6.67. The SMILES string of the molecule is CCOC(=O)CN(C)CC(=O)NCc1ccc(C)cc1. The van der Waals surface area contributed by atoms with Crippen LogP contribution in [0.15, 0.2) is 24.3 Å². The van der Waals surface area contributed by atoms with Gasteiger partial charge in [-0.3, -0.25) is 14.5 Å². The summed E-state index contributed by atoms with van der Waals surface area (Å²) in [5, 5.41) is 2.82. The first-order valence-corrected chi connectivity index (χ1v) is 6.67. The number of rotatable bonds is 7. The molecule has 0 bridgehead atoms. The Hall–Kier alpha value is -1.88. The third-order valence-electron chi connectivity index (χ3n) is 2.73. The Morgan fingerprint density at radius 1 is 1.20 bits per heavy atom. The van der Waals surface area contributed by atoms with Gasteiger partial charge < -0.3 is 10.1 Å². The molecule has 0 aliphatic carbocycles. The highest BCUT2D eigenvalue weighted by atomic mass is 16.5. The van der Waals surface area contributed by atoms with Gasteiger partial charge in [-0.1, -0.05) is 29.8 Å². The summed E-state index contributed by atoms with van der Waals surface area (Å²) in [6.07, 6.45) is 0. The Kier molecular flexibility index (Phi) is 6.73. The van der Waals surface area contributed by atoms with E-state index in [0.29, 0.717) is 13.2 Å². The van der Waals surface area contributed by atoms with Crippen LogP contribution in [0.5, 0.6) is 0 Å². The maximum atomic E-state index is 11.7. The molecule has 1 aromatic carbocycles. The molecule has 0 spiro atoms. The second kappa shape index (κ2) is 8.32. The molecule has 0 unspecified atom stereocenters. The van der Waals surface area contributed by atoms with Crippen LogP contribution in [0.1, 0.15) is 18.1 Å². The molecule has 1 amide bonds. The molecule has 0 aliphatic rings. The molecule has 0 saturated carbocycles. The van der Waals surface area contributed by atoms with Crippen LogP contribution in [-0.2, 0) is 20.9 Å². The van der Waals surface area contributed by atoms with E-state index in [0.717, 1.165) is 5.56 Å². The fourth-order valence-corrected chi connectivity index (χ4v) is 1.69. The van der Waals surface area contributed by atoms with Gasteiger partial charge in [-0.25, -0.2) is 0 Å². The first-order chi connectivity index (χ1) is 9.51. The van der Waals surface area contributed by atoms with Gasteiger partial charge in [-0.2, -0.15) is 0 Å². The average molecular weight is 278 g/mol. The number of amides is 1. The Morgan fingerprint density at radius 2 is 1.85 bits per heavy atom. The lowest BCUT2D eigenvalue weighted by Gasteiger charge is -2.15. The molecule has 5 heteroatoms. The highest BCUT2D eigenvalue weighted by Crippen LogP contribution is 2.02. The molecule has 0 heterocycles. The fraction of sp³-hybridized carbons (Fsp3) is 0.467. The van der Waals surface area contributed by atoms with Gasteiger partial charge in [0.25, 0.3) is 0 Å². The van der Waals surface area contributed by atoms with E-state index in [4.69, 9.17) is 4.74 Å². The summed E-state index contributed by atoms with van der Waals surface area (Å²) in [4.78, 5) is 24.6. The first kappa shape index (κ1) is 16.2. The summed E-state index contributed by atoms with van der Waals surface area (Å²) in [6, 6.07) is 7.98. The van der Waals surface area contributed by atoms with Crippen molar-refractivity contribution >= 4 is 11.9 Å². The fourth-order valence-electron chi connectivity index (χ4n) is 1.69. The van der Waals surface area contributed by atoms with Crippen molar-refractivity contribution in [1.29, 1.82) is 0 Å². The van der Waals surface area contributed by atoms with E-state index >= 15 is 0 Å². The molecule has 0 saturated heterocycles. The minimum absolute atomic E-state index is 0.114. The van der Waals surface area contributed by atoms with Gasteiger partial charge in [-0.05, 0) is 26.5 Å². The van der Waals surface area contributed by atoms with Crippen LogP contribution < -0.4 is 5.32 Å². The minimum atomic E-state index is -0.318. The van der Waals surface area contributed by atoms with Crippen LogP contribution >= 0.6 is 0 Å². The monoisotopic (exact) mass is 278 g/mol. The van der Waals surface area contributed by atoms with Crippen LogP contribution in [0.4, 0.5) is 0 Å². The van der Waals surface area contributed by atoms with E-state index < -0.39 is 0 Å². The molecule has 0 atom stereocenters. The van der Waals surface area contributed by atoms with Crippen molar-refractivity contribution in [3.05, 3.63) is 35.4 Å². The normalized spacial score (nSPS) is 10.4. The molecule has 0 radical (unpaired) electrons. The lowest BCUT2D eigenvalue weighted by molar-refractivity contribution is -0.144. The summed E-state index contributed by atoms with van der Waals surface area (Å²) < 4.78 is 4.82. The van der Waals surface area contributed by atoms with E-state index in [-0.39, 0.29) is 25.0 Å². The third kappa shape index (κ3) is 6.33. The molecule has 20 heavy (non-hydrogen) atoms. The number of ether oxygens (including phenoxy) is 1. The number of nitrogens with one attached hydrogen (secondary N) is 1. The third-order valence-corrected chi connectivity index (χ3v) is 2.73. The van der Waals surface area contributed by atoms with Gasteiger partial charge in [0.15, 0.2) is 0 Å². The molecule has 5 nitrogen and oxygen atoms in total. The zero-order chi connectivity index (χ0) is 15.0.